The van der Waals surface area contributed by atoms with Crippen LogP contribution in [-0.4, -0.2) is 71.9 Å². The number of sulfonamides is 1. The number of carboxylic acids is 2. The van der Waals surface area contributed by atoms with Crippen molar-refractivity contribution in [1.82, 2.24) is 9.21 Å². The molecular formula is C26H31ClN2O7S. The summed E-state index contributed by atoms with van der Waals surface area (Å²) in [5.74, 6) is -3.21. The summed E-state index contributed by atoms with van der Waals surface area (Å²) >= 11 is 5.90. The number of piperidine rings is 2. The summed E-state index contributed by atoms with van der Waals surface area (Å²) in [6.07, 6.45) is 4.50. The third kappa shape index (κ3) is 8.02. The molecule has 2 aromatic carbocycles. The van der Waals surface area contributed by atoms with Gasteiger partial charge >= 0.3 is 11.9 Å². The number of amides is 1. The van der Waals surface area contributed by atoms with Gasteiger partial charge in [0.1, 0.15) is 0 Å². The molecule has 2 aromatic rings. The van der Waals surface area contributed by atoms with Gasteiger partial charge in [-0.25, -0.2) is 18.0 Å². The first-order valence-electron chi connectivity index (χ1n) is 12.1. The highest BCUT2D eigenvalue weighted by atomic mass is 35.5. The van der Waals surface area contributed by atoms with Crippen molar-refractivity contribution in [2.75, 3.05) is 26.2 Å². The summed E-state index contributed by atoms with van der Waals surface area (Å²) in [4.78, 5) is 33.5. The Balaban J connectivity index is 0.000000568. The van der Waals surface area contributed by atoms with Gasteiger partial charge in [-0.15, -0.1) is 0 Å². The fraction of sp³-hybridized carbons (Fsp3) is 0.423. The van der Waals surface area contributed by atoms with E-state index in [0.717, 1.165) is 38.8 Å². The number of halogens is 1. The predicted octanol–water partition coefficient (Wildman–Crippen LogP) is 3.38. The molecule has 9 nitrogen and oxygen atoms in total. The van der Waals surface area contributed by atoms with Crippen LogP contribution in [-0.2, 0) is 30.8 Å². The van der Waals surface area contributed by atoms with E-state index in [4.69, 9.17) is 31.4 Å². The van der Waals surface area contributed by atoms with Crippen LogP contribution in [0.3, 0.4) is 0 Å². The molecule has 1 amide bonds. The highest BCUT2D eigenvalue weighted by Crippen LogP contribution is 2.28. The summed E-state index contributed by atoms with van der Waals surface area (Å²) < 4.78 is 27.5. The van der Waals surface area contributed by atoms with E-state index in [0.29, 0.717) is 23.9 Å². The molecule has 0 radical (unpaired) electrons. The minimum absolute atomic E-state index is 0.106. The third-order valence-corrected chi connectivity index (χ3v) is 8.79. The molecular weight excluding hydrogens is 520 g/mol. The number of hydrogen-bond acceptors (Lipinski definition) is 5. The van der Waals surface area contributed by atoms with Crippen LogP contribution in [0.1, 0.15) is 31.2 Å². The molecule has 1 atom stereocenters. The Morgan fingerprint density at radius 1 is 0.865 bits per heavy atom. The molecule has 4 rings (SSSR count). The summed E-state index contributed by atoms with van der Waals surface area (Å²) in [7, 11) is -3.62. The number of carbonyl (C=O) groups is 3. The summed E-state index contributed by atoms with van der Waals surface area (Å²) in [6.45, 7) is 2.23. The average molecular weight is 551 g/mol. The summed E-state index contributed by atoms with van der Waals surface area (Å²) in [5, 5.41) is 15.3. The molecule has 2 N–H and O–H groups in total. The van der Waals surface area contributed by atoms with Crippen LogP contribution in [0.25, 0.3) is 0 Å². The van der Waals surface area contributed by atoms with Crippen LogP contribution in [0, 0.1) is 11.8 Å². The zero-order chi connectivity index (χ0) is 27.0. The lowest BCUT2D eigenvalue weighted by atomic mass is 9.89. The van der Waals surface area contributed by atoms with Crippen LogP contribution in [0.5, 0.6) is 0 Å². The van der Waals surface area contributed by atoms with Gasteiger partial charge in [-0.2, -0.15) is 4.31 Å². The van der Waals surface area contributed by atoms with Gasteiger partial charge in [-0.1, -0.05) is 41.9 Å². The maximum Gasteiger partial charge on any atom is 0.414 e. The minimum atomic E-state index is -3.62. The van der Waals surface area contributed by atoms with E-state index >= 15 is 0 Å². The highest BCUT2D eigenvalue weighted by Gasteiger charge is 2.36. The number of benzene rings is 2. The van der Waals surface area contributed by atoms with Crippen LogP contribution >= 0.6 is 11.6 Å². The lowest BCUT2D eigenvalue weighted by Gasteiger charge is -2.37. The second-order valence-electron chi connectivity index (χ2n) is 9.22. The van der Waals surface area contributed by atoms with E-state index in [1.807, 2.05) is 11.0 Å². The van der Waals surface area contributed by atoms with Gasteiger partial charge in [0.25, 0.3) is 0 Å². The van der Waals surface area contributed by atoms with Crippen molar-refractivity contribution in [2.45, 2.75) is 37.0 Å². The molecule has 200 valence electrons. The number of likely N-dealkylation sites (tertiary alicyclic amines) is 1. The van der Waals surface area contributed by atoms with Crippen LogP contribution in [0.4, 0.5) is 0 Å². The number of hydrogen-bond donors (Lipinski definition) is 2. The quantitative estimate of drug-likeness (QED) is 0.545. The van der Waals surface area contributed by atoms with Crippen LogP contribution in [0.2, 0.25) is 5.02 Å². The molecule has 2 fully saturated rings. The van der Waals surface area contributed by atoms with Crippen molar-refractivity contribution < 1.29 is 33.0 Å². The van der Waals surface area contributed by atoms with Crippen molar-refractivity contribution in [3.63, 3.8) is 0 Å². The van der Waals surface area contributed by atoms with Gasteiger partial charge in [0.05, 0.1) is 10.8 Å². The van der Waals surface area contributed by atoms with E-state index in [9.17, 15) is 13.2 Å². The van der Waals surface area contributed by atoms with Gasteiger partial charge in [-0.3, -0.25) is 4.79 Å². The molecule has 0 bridgehead atoms. The Morgan fingerprint density at radius 2 is 1.46 bits per heavy atom. The lowest BCUT2D eigenvalue weighted by Crippen LogP contribution is -2.48. The second-order valence-corrected chi connectivity index (χ2v) is 11.6. The molecule has 0 aliphatic carbocycles. The number of aliphatic carboxylic acids is 2. The Morgan fingerprint density at radius 3 is 2.03 bits per heavy atom. The molecule has 2 aliphatic rings. The van der Waals surface area contributed by atoms with Crippen molar-refractivity contribution in [3.05, 3.63) is 65.2 Å². The number of carbonyl (C=O) groups excluding carboxylic acids is 1. The van der Waals surface area contributed by atoms with Gasteiger partial charge in [-0.05, 0) is 67.9 Å². The third-order valence-electron chi connectivity index (χ3n) is 6.66. The van der Waals surface area contributed by atoms with Gasteiger partial charge < -0.3 is 15.1 Å². The Bertz CT molecular complexity index is 1170. The Kier molecular flexibility index (Phi) is 10.1. The van der Waals surface area contributed by atoms with E-state index in [1.165, 1.54) is 22.0 Å². The highest BCUT2D eigenvalue weighted by molar-refractivity contribution is 7.89. The van der Waals surface area contributed by atoms with E-state index in [2.05, 4.69) is 24.3 Å². The zero-order valence-corrected chi connectivity index (χ0v) is 21.9. The van der Waals surface area contributed by atoms with Crippen LogP contribution in [0.15, 0.2) is 59.5 Å². The van der Waals surface area contributed by atoms with Crippen molar-refractivity contribution in [3.8, 4) is 0 Å². The van der Waals surface area contributed by atoms with Gasteiger partial charge in [0, 0.05) is 31.2 Å². The van der Waals surface area contributed by atoms with Gasteiger partial charge in [0.2, 0.25) is 15.9 Å². The average Bonchev–Trinajstić information content (AvgIpc) is 2.90. The molecule has 0 saturated carbocycles. The second kappa shape index (κ2) is 13.0. The largest absolute Gasteiger partial charge is 0.473 e. The molecule has 2 saturated heterocycles. The Hall–Kier alpha value is -2.95. The molecule has 11 heteroatoms. The standard InChI is InChI=1S/C24H29ClN2O3S.C2H2O4/c25-22-8-10-23(11-9-22)31(29,30)27-14-4-7-21(18-27)24(28)26-15-12-20(13-16-26)17-19-5-2-1-3-6-19;3-1(4)2(5)6/h1-3,5-6,8-11,20-21H,4,7,12-18H2;(H,3,4)(H,5,6). The first-order valence-corrected chi connectivity index (χ1v) is 13.9. The predicted molar refractivity (Wildman–Crippen MR) is 138 cm³/mol. The van der Waals surface area contributed by atoms with Crippen molar-refractivity contribution in [1.29, 1.82) is 0 Å². The van der Waals surface area contributed by atoms with Crippen molar-refractivity contribution in [2.24, 2.45) is 11.8 Å². The molecule has 1 unspecified atom stereocenters. The number of carboxylic acid groups (broad SMARTS) is 2. The summed E-state index contributed by atoms with van der Waals surface area (Å²) in [5.41, 5.74) is 1.35. The normalized spacial score (nSPS) is 18.9. The number of nitrogens with zero attached hydrogens (tertiary/aromatic N) is 2. The lowest BCUT2D eigenvalue weighted by molar-refractivity contribution is -0.159. The van der Waals surface area contributed by atoms with E-state index in [-0.39, 0.29) is 23.3 Å². The topological polar surface area (TPSA) is 132 Å². The SMILES string of the molecule is O=C(C1CCCN(S(=O)(=O)c2ccc(Cl)cc2)C1)N1CCC(Cc2ccccc2)CC1.O=C(O)C(=O)O. The zero-order valence-electron chi connectivity index (χ0n) is 20.3. The fourth-order valence-electron chi connectivity index (χ4n) is 4.68. The molecule has 37 heavy (non-hydrogen) atoms. The molecule has 0 spiro atoms. The smallest absolute Gasteiger partial charge is 0.414 e. The maximum atomic E-state index is 13.2. The van der Waals surface area contributed by atoms with E-state index in [1.54, 1.807) is 12.1 Å². The van der Waals surface area contributed by atoms with Crippen LogP contribution < -0.4 is 0 Å². The first-order chi connectivity index (χ1) is 17.6. The monoisotopic (exact) mass is 550 g/mol. The minimum Gasteiger partial charge on any atom is -0.473 e. The molecule has 2 heterocycles. The van der Waals surface area contributed by atoms with Crippen molar-refractivity contribution >= 4 is 39.5 Å². The summed E-state index contributed by atoms with van der Waals surface area (Å²) in [6, 6.07) is 16.7. The first kappa shape index (κ1) is 28.6. The Labute approximate surface area is 221 Å². The molecule has 0 aromatic heterocycles. The van der Waals surface area contributed by atoms with Gasteiger partial charge in [0.15, 0.2) is 0 Å². The maximum absolute atomic E-state index is 13.2. The molecule has 2 aliphatic heterocycles. The fourth-order valence-corrected chi connectivity index (χ4v) is 6.33. The number of rotatable bonds is 5. The van der Waals surface area contributed by atoms with E-state index < -0.39 is 22.0 Å².